The summed E-state index contributed by atoms with van der Waals surface area (Å²) in [5.41, 5.74) is -5.68. The van der Waals surface area contributed by atoms with Crippen LogP contribution in [0.3, 0.4) is 0 Å². The minimum atomic E-state index is -1.01. The van der Waals surface area contributed by atoms with Gasteiger partial charge in [0.05, 0.1) is 29.5 Å². The number of rotatable bonds is 6. The van der Waals surface area contributed by atoms with E-state index in [-0.39, 0.29) is 11.6 Å². The number of ether oxygens (including phenoxy) is 6. The number of ketones is 2. The first-order chi connectivity index (χ1) is 29.1. The molecule has 0 atom stereocenters. The lowest BCUT2D eigenvalue weighted by atomic mass is 10.2. The number of nitro benzene ring substituents is 6. The van der Waals surface area contributed by atoms with Gasteiger partial charge in [-0.15, -0.1) is 0 Å². The second-order valence-electron chi connectivity index (χ2n) is 12.6. The van der Waals surface area contributed by atoms with Crippen LogP contribution in [0.25, 0.3) is 0 Å². The van der Waals surface area contributed by atoms with Crippen molar-refractivity contribution in [3.63, 3.8) is 0 Å². The second kappa shape index (κ2) is 17.6. The SMILES string of the molecule is CC(C)=O.CC(C)=O.O=[N+]([O-])c1cc([N+](=O)[O-])c2cc1Oc1cc3cc(c1)Oc1cc(c([N+](=O)[O-])cc1[N+](=O)[O-])Oc1cc(cc(c1)Oc1cc(c([N+](=O)[O-])cc1[N+](=O)[O-])O3)O2. The highest BCUT2D eigenvalue weighted by Gasteiger charge is 2.33. The van der Waals surface area contributed by atoms with Gasteiger partial charge in [-0.1, -0.05) is 0 Å². The fourth-order valence-electron chi connectivity index (χ4n) is 5.17. The number of carbonyl (C=O) groups excluding carboxylic acids is 2. The smallest absolute Gasteiger partial charge is 0.318 e. The molecule has 0 aromatic heterocycles. The summed E-state index contributed by atoms with van der Waals surface area (Å²) in [6, 6.07) is 9.81. The molecule has 3 aliphatic heterocycles. The van der Waals surface area contributed by atoms with Crippen LogP contribution in [0.5, 0.6) is 69.0 Å². The van der Waals surface area contributed by atoms with Gasteiger partial charge in [-0.05, 0) is 27.7 Å². The molecule has 26 heteroatoms. The van der Waals surface area contributed by atoms with Crippen LogP contribution < -0.4 is 28.4 Å². The summed E-state index contributed by atoms with van der Waals surface area (Å²) in [5, 5.41) is 72.5. The van der Waals surface area contributed by atoms with Crippen molar-refractivity contribution >= 4 is 45.7 Å². The molecule has 0 unspecified atom stereocenters. The average molecular weight is 861 g/mol. The Morgan fingerprint density at radius 3 is 0.548 bits per heavy atom. The predicted molar refractivity (Wildman–Crippen MR) is 205 cm³/mol. The number of nitro groups is 6. The van der Waals surface area contributed by atoms with Crippen LogP contribution >= 0.6 is 0 Å². The largest absolute Gasteiger partial charge is 0.450 e. The maximum atomic E-state index is 12.1. The lowest BCUT2D eigenvalue weighted by Gasteiger charge is -2.17. The predicted octanol–water partition coefficient (Wildman–Crippen LogP) is 9.71. The Hall–Kier alpha value is -9.36. The lowest BCUT2D eigenvalue weighted by Crippen LogP contribution is -2.02. The monoisotopic (exact) mass is 860 g/mol. The van der Waals surface area contributed by atoms with Crippen molar-refractivity contribution in [3.05, 3.63) is 133 Å². The van der Waals surface area contributed by atoms with Crippen molar-refractivity contribution in [2.24, 2.45) is 0 Å². The molecule has 8 rings (SSSR count). The fourth-order valence-corrected chi connectivity index (χ4v) is 5.17. The normalized spacial score (nSPS) is 11.3. The maximum Gasteiger partial charge on any atom is 0.318 e. The van der Waals surface area contributed by atoms with E-state index < -0.39 is 133 Å². The summed E-state index contributed by atoms with van der Waals surface area (Å²) in [6.07, 6.45) is 0. The molecule has 0 amide bonds. The van der Waals surface area contributed by atoms with Gasteiger partial charge in [-0.2, -0.15) is 0 Å². The highest BCUT2D eigenvalue weighted by Crippen LogP contribution is 2.50. The summed E-state index contributed by atoms with van der Waals surface area (Å²) >= 11 is 0. The molecule has 0 N–H and O–H groups in total. The Morgan fingerprint density at radius 2 is 0.435 bits per heavy atom. The van der Waals surface area contributed by atoms with E-state index in [2.05, 4.69) is 0 Å². The molecule has 26 nitrogen and oxygen atoms in total. The van der Waals surface area contributed by atoms with Gasteiger partial charge in [-0.3, -0.25) is 60.7 Å². The summed E-state index contributed by atoms with van der Waals surface area (Å²) in [7, 11) is 0. The van der Waals surface area contributed by atoms with E-state index in [0.717, 1.165) is 54.6 Å². The van der Waals surface area contributed by atoms with E-state index in [1.165, 1.54) is 27.7 Å². The summed E-state index contributed by atoms with van der Waals surface area (Å²) in [5.74, 6) is -6.36. The number of hydrogen-bond acceptors (Lipinski definition) is 20. The van der Waals surface area contributed by atoms with Gasteiger partial charge in [0, 0.05) is 54.6 Å². The Morgan fingerprint density at radius 1 is 0.306 bits per heavy atom. The van der Waals surface area contributed by atoms with Gasteiger partial charge in [0.25, 0.3) is 0 Å². The van der Waals surface area contributed by atoms with E-state index in [9.17, 15) is 70.3 Å². The minimum Gasteiger partial charge on any atom is -0.450 e. The van der Waals surface area contributed by atoms with Crippen molar-refractivity contribution in [1.82, 2.24) is 0 Å². The zero-order valence-corrected chi connectivity index (χ0v) is 31.8. The molecule has 62 heavy (non-hydrogen) atoms. The fraction of sp³-hybridized carbons (Fsp3) is 0.111. The zero-order chi connectivity index (χ0) is 45.7. The number of hydrogen-bond donors (Lipinski definition) is 0. The van der Waals surface area contributed by atoms with E-state index in [1.807, 2.05) is 0 Å². The van der Waals surface area contributed by atoms with Crippen LogP contribution in [0.1, 0.15) is 27.7 Å². The van der Waals surface area contributed by atoms with Crippen molar-refractivity contribution in [1.29, 1.82) is 0 Å². The summed E-state index contributed by atoms with van der Waals surface area (Å²) in [6.45, 7) is 6.11. The van der Waals surface area contributed by atoms with Crippen molar-refractivity contribution in [2.45, 2.75) is 27.7 Å². The van der Waals surface area contributed by atoms with Crippen molar-refractivity contribution < 1.29 is 67.6 Å². The number of Topliss-reactive ketones (excluding diaryl/α,β-unsaturated/α-hetero) is 2. The lowest BCUT2D eigenvalue weighted by molar-refractivity contribution is -0.395. The van der Waals surface area contributed by atoms with Crippen molar-refractivity contribution in [3.8, 4) is 69.0 Å². The topological polar surface area (TPSA) is 348 Å². The second-order valence-corrected chi connectivity index (χ2v) is 12.6. The molecule has 0 saturated heterocycles. The first kappa shape index (κ1) is 43.8. The molecule has 318 valence electrons. The molecular weight excluding hydrogens is 836 g/mol. The summed E-state index contributed by atoms with van der Waals surface area (Å²) in [4.78, 5) is 85.3. The van der Waals surface area contributed by atoms with Gasteiger partial charge in [-0.25, -0.2) is 0 Å². The Labute approximate surface area is 343 Å². The summed E-state index contributed by atoms with van der Waals surface area (Å²) < 4.78 is 34.6. The van der Waals surface area contributed by atoms with Crippen LogP contribution in [-0.2, 0) is 9.59 Å². The number of benzene rings is 5. The molecule has 0 aliphatic carbocycles. The molecule has 12 bridgehead atoms. The number of nitrogens with zero attached hydrogens (tertiary/aromatic N) is 6. The molecule has 0 radical (unpaired) electrons. The Kier molecular flexibility index (Phi) is 12.5. The molecule has 3 aliphatic rings. The zero-order valence-electron chi connectivity index (χ0n) is 31.8. The molecule has 3 heterocycles. The molecule has 0 spiro atoms. The van der Waals surface area contributed by atoms with Gasteiger partial charge in [0.15, 0.2) is 0 Å². The maximum absolute atomic E-state index is 12.1. The Bertz CT molecular complexity index is 2290. The molecule has 5 aromatic carbocycles. The molecule has 0 saturated carbocycles. The van der Waals surface area contributed by atoms with E-state index in [0.29, 0.717) is 18.2 Å². The number of carbonyl (C=O) groups is 2. The van der Waals surface area contributed by atoms with Gasteiger partial charge in [0.1, 0.15) is 64.3 Å². The third-order valence-corrected chi connectivity index (χ3v) is 7.38. The van der Waals surface area contributed by atoms with E-state index in [1.54, 1.807) is 0 Å². The third kappa shape index (κ3) is 10.2. The molecular formula is C36H24N6O20. The van der Waals surface area contributed by atoms with Crippen molar-refractivity contribution in [2.75, 3.05) is 0 Å². The Balaban J connectivity index is 0.000000836. The third-order valence-electron chi connectivity index (χ3n) is 7.38. The van der Waals surface area contributed by atoms with E-state index in [4.69, 9.17) is 28.4 Å². The molecule has 5 aromatic rings. The highest BCUT2D eigenvalue weighted by molar-refractivity contribution is 5.72. The van der Waals surface area contributed by atoms with E-state index >= 15 is 0 Å². The molecule has 0 fully saturated rings. The highest BCUT2D eigenvalue weighted by atomic mass is 16.7. The van der Waals surface area contributed by atoms with Crippen LogP contribution in [0, 0.1) is 60.7 Å². The van der Waals surface area contributed by atoms with Crippen LogP contribution in [0.15, 0.2) is 72.8 Å². The average Bonchev–Trinajstić information content (AvgIpc) is 3.13. The van der Waals surface area contributed by atoms with Crippen LogP contribution in [0.2, 0.25) is 0 Å². The van der Waals surface area contributed by atoms with Gasteiger partial charge in [0.2, 0.25) is 34.5 Å². The van der Waals surface area contributed by atoms with Gasteiger partial charge >= 0.3 is 34.1 Å². The standard InChI is InChI=1S/C30H12N6O18.2C3H6O/c37-31(38)19-7-21(33(41)42)27-10-25(19)49-13-1-14-3-15(2-13)51-29-12-30(24(36(47)48)9-23(29)35(45)46)54-18-5-16(52-27)4-17(6-18)53-28-11-26(50-14)20(32(39)40)8-22(28)34(43)44;2*1-3(2)4/h1-12H;2*1-2H3. The first-order valence-corrected chi connectivity index (χ1v) is 16.8. The quantitative estimate of drug-likeness (QED) is 0.111. The van der Waals surface area contributed by atoms with Crippen LogP contribution in [-0.4, -0.2) is 41.1 Å². The first-order valence-electron chi connectivity index (χ1n) is 16.8. The minimum absolute atomic E-state index is 0.167. The van der Waals surface area contributed by atoms with Crippen LogP contribution in [0.4, 0.5) is 34.1 Å². The van der Waals surface area contributed by atoms with Gasteiger partial charge < -0.3 is 38.0 Å².